The molecular weight excluding hydrogens is 514 g/mol. The maximum absolute atomic E-state index is 12.6. The van der Waals surface area contributed by atoms with Gasteiger partial charge in [0.15, 0.2) is 0 Å². The summed E-state index contributed by atoms with van der Waals surface area (Å²) in [6.45, 7) is 12.0. The number of ether oxygens (including phenoxy) is 1. The Bertz CT molecular complexity index is 1210. The van der Waals surface area contributed by atoms with E-state index >= 15 is 0 Å². The number of hydrogen-bond acceptors (Lipinski definition) is 6. The maximum atomic E-state index is 12.6. The van der Waals surface area contributed by atoms with Gasteiger partial charge in [0.25, 0.3) is 5.91 Å². The van der Waals surface area contributed by atoms with Crippen molar-refractivity contribution < 1.29 is 14.3 Å². The maximum Gasteiger partial charge on any atom is 0.269 e. The molecule has 1 aromatic carbocycles. The Morgan fingerprint density at radius 3 is 2.68 bits per heavy atom. The topological polar surface area (TPSA) is 86.8 Å². The number of aromatic nitrogens is 1. The first-order valence-corrected chi connectivity index (χ1v) is 15.1. The van der Waals surface area contributed by atoms with Crippen molar-refractivity contribution in [2.45, 2.75) is 70.4 Å². The van der Waals surface area contributed by atoms with E-state index in [-0.39, 0.29) is 17.9 Å². The van der Waals surface area contributed by atoms with Crippen molar-refractivity contribution in [3.05, 3.63) is 72.5 Å². The highest BCUT2D eigenvalue weighted by Crippen LogP contribution is 2.36. The van der Waals surface area contributed by atoms with Crippen LogP contribution in [0.4, 0.5) is 5.82 Å². The van der Waals surface area contributed by atoms with E-state index in [4.69, 9.17) is 4.74 Å². The first-order valence-electron chi connectivity index (χ1n) is 15.1. The molecule has 8 heteroatoms. The van der Waals surface area contributed by atoms with E-state index in [0.717, 1.165) is 73.6 Å². The minimum Gasteiger partial charge on any atom is -0.494 e. The monoisotopic (exact) mass is 559 g/mol. The number of piperidine rings is 1. The van der Waals surface area contributed by atoms with Gasteiger partial charge in [0.05, 0.1) is 6.61 Å². The van der Waals surface area contributed by atoms with Crippen molar-refractivity contribution in [3.63, 3.8) is 0 Å². The highest BCUT2D eigenvalue weighted by atomic mass is 16.5. The van der Waals surface area contributed by atoms with Gasteiger partial charge in [-0.25, -0.2) is 4.98 Å². The van der Waals surface area contributed by atoms with Gasteiger partial charge >= 0.3 is 0 Å². The molecule has 1 fully saturated rings. The van der Waals surface area contributed by atoms with Crippen LogP contribution in [0.3, 0.4) is 0 Å². The lowest BCUT2D eigenvalue weighted by Crippen LogP contribution is -2.42. The lowest BCUT2D eigenvalue weighted by Gasteiger charge is -2.28. The molecule has 2 N–H and O–H groups in total. The van der Waals surface area contributed by atoms with Crippen LogP contribution in [0.25, 0.3) is 5.70 Å². The highest BCUT2D eigenvalue weighted by molar-refractivity contribution is 5.92. The number of nitrogens with one attached hydrogen (secondary N) is 2. The van der Waals surface area contributed by atoms with Crippen LogP contribution in [0.2, 0.25) is 0 Å². The van der Waals surface area contributed by atoms with E-state index in [1.165, 1.54) is 19.3 Å². The van der Waals surface area contributed by atoms with Crippen molar-refractivity contribution in [1.29, 1.82) is 0 Å². The molecule has 0 bridgehead atoms. The number of allylic oxidation sites excluding steroid dienone is 1. The van der Waals surface area contributed by atoms with Crippen LogP contribution in [-0.4, -0.2) is 61.0 Å². The van der Waals surface area contributed by atoms with Crippen LogP contribution in [0.1, 0.15) is 79.4 Å². The number of carbonyl (C=O) groups excluding carboxylic acids is 2. The fourth-order valence-electron chi connectivity index (χ4n) is 5.59. The molecule has 4 rings (SSSR count). The zero-order valence-electron chi connectivity index (χ0n) is 24.5. The number of benzene rings is 1. The van der Waals surface area contributed by atoms with Gasteiger partial charge in [-0.15, -0.1) is 6.58 Å². The quantitative estimate of drug-likeness (QED) is 0.227. The summed E-state index contributed by atoms with van der Waals surface area (Å²) in [6.07, 6.45) is 10.9. The van der Waals surface area contributed by atoms with Gasteiger partial charge in [-0.3, -0.25) is 9.59 Å². The number of rotatable bonds is 15. The van der Waals surface area contributed by atoms with Gasteiger partial charge in [-0.05, 0) is 80.8 Å². The average Bonchev–Trinajstić information content (AvgIpc) is 3.33. The SMILES string of the molecule is C=CCCC(C(=O)NC)N1Cc2cc(OCCCCCCNC(=O)c3cccc(N4CCCCC4)n3)ccc2C1=C. The summed E-state index contributed by atoms with van der Waals surface area (Å²) in [5.41, 5.74) is 3.57. The molecule has 8 nitrogen and oxygen atoms in total. The number of nitrogens with zero attached hydrogens (tertiary/aromatic N) is 3. The lowest BCUT2D eigenvalue weighted by molar-refractivity contribution is -0.125. The van der Waals surface area contributed by atoms with Crippen LogP contribution < -0.4 is 20.3 Å². The summed E-state index contributed by atoms with van der Waals surface area (Å²) < 4.78 is 6.04. The van der Waals surface area contributed by atoms with Crippen molar-refractivity contribution in [2.75, 3.05) is 38.2 Å². The van der Waals surface area contributed by atoms with Gasteiger partial charge in [-0.1, -0.05) is 31.6 Å². The molecule has 0 saturated carbocycles. The number of pyridine rings is 1. The number of hydrogen-bond donors (Lipinski definition) is 2. The molecule has 2 aliphatic heterocycles. The van der Waals surface area contributed by atoms with E-state index in [0.29, 0.717) is 31.8 Å². The normalized spacial score (nSPS) is 15.3. The molecule has 0 aliphatic carbocycles. The smallest absolute Gasteiger partial charge is 0.269 e. The summed E-state index contributed by atoms with van der Waals surface area (Å²) in [4.78, 5) is 34.0. The van der Waals surface area contributed by atoms with E-state index < -0.39 is 0 Å². The predicted octanol–water partition coefficient (Wildman–Crippen LogP) is 5.31. The molecule has 3 heterocycles. The zero-order valence-corrected chi connectivity index (χ0v) is 24.5. The van der Waals surface area contributed by atoms with Crippen molar-refractivity contribution >= 4 is 23.3 Å². The standard InChI is InChI=1S/C33H45N5O3/c1-4-5-15-30(33(40)34-3)38-24-26-23-27(17-18-28(26)25(38)2)41-22-12-7-6-9-19-35-32(39)29-14-13-16-31(36-29)37-20-10-8-11-21-37/h4,13-14,16-18,23,30H,1-2,5-12,15,19-22,24H2,3H3,(H,34,40)(H,35,39). The Balaban J connectivity index is 1.14. The van der Waals surface area contributed by atoms with Crippen LogP contribution in [0.5, 0.6) is 5.75 Å². The van der Waals surface area contributed by atoms with Crippen LogP contribution in [0.15, 0.2) is 55.6 Å². The Hall–Kier alpha value is -3.81. The zero-order chi connectivity index (χ0) is 29.0. The predicted molar refractivity (Wildman–Crippen MR) is 165 cm³/mol. The average molecular weight is 560 g/mol. The second kappa shape index (κ2) is 15.3. The van der Waals surface area contributed by atoms with Crippen LogP contribution in [-0.2, 0) is 11.3 Å². The summed E-state index contributed by atoms with van der Waals surface area (Å²) in [6, 6.07) is 11.5. The molecule has 1 saturated heterocycles. The molecule has 1 aromatic heterocycles. The first kappa shape index (κ1) is 30.2. The summed E-state index contributed by atoms with van der Waals surface area (Å²) in [5.74, 6) is 1.63. The van der Waals surface area contributed by atoms with Crippen LogP contribution >= 0.6 is 0 Å². The third-order valence-corrected chi connectivity index (χ3v) is 7.92. The molecular formula is C33H45N5O3. The number of anilines is 1. The van der Waals surface area contributed by atoms with E-state index in [9.17, 15) is 9.59 Å². The molecule has 0 radical (unpaired) electrons. The number of amides is 2. The number of unbranched alkanes of at least 4 members (excludes halogenated alkanes) is 3. The molecule has 41 heavy (non-hydrogen) atoms. The second-order valence-electron chi connectivity index (χ2n) is 10.8. The van der Waals surface area contributed by atoms with Crippen molar-refractivity contribution in [1.82, 2.24) is 20.5 Å². The molecule has 1 unspecified atom stereocenters. The largest absolute Gasteiger partial charge is 0.494 e. The Labute approximate surface area is 244 Å². The van der Waals surface area contributed by atoms with Gasteiger partial charge in [0.1, 0.15) is 23.3 Å². The van der Waals surface area contributed by atoms with Crippen molar-refractivity contribution in [2.24, 2.45) is 0 Å². The molecule has 1 atom stereocenters. The third kappa shape index (κ3) is 8.12. The molecule has 0 spiro atoms. The Morgan fingerprint density at radius 1 is 1.10 bits per heavy atom. The number of likely N-dealkylation sites (N-methyl/N-ethyl adjacent to an activating group) is 1. The van der Waals surface area contributed by atoms with E-state index in [2.05, 4.69) is 44.6 Å². The summed E-state index contributed by atoms with van der Waals surface area (Å²) in [7, 11) is 1.67. The third-order valence-electron chi connectivity index (χ3n) is 7.92. The van der Waals surface area contributed by atoms with Gasteiger partial charge in [0, 0.05) is 44.5 Å². The van der Waals surface area contributed by atoms with Gasteiger partial charge in [0.2, 0.25) is 5.91 Å². The highest BCUT2D eigenvalue weighted by Gasteiger charge is 2.32. The van der Waals surface area contributed by atoms with Crippen molar-refractivity contribution in [3.8, 4) is 5.75 Å². The van der Waals surface area contributed by atoms with E-state index in [1.807, 2.05) is 30.3 Å². The Morgan fingerprint density at radius 2 is 1.90 bits per heavy atom. The number of carbonyl (C=O) groups is 2. The molecule has 2 aliphatic rings. The number of fused-ring (bicyclic) bond motifs is 1. The van der Waals surface area contributed by atoms with Gasteiger partial charge in [-0.2, -0.15) is 0 Å². The summed E-state index contributed by atoms with van der Waals surface area (Å²) >= 11 is 0. The van der Waals surface area contributed by atoms with Crippen LogP contribution in [0, 0.1) is 0 Å². The van der Waals surface area contributed by atoms with Gasteiger partial charge < -0.3 is 25.2 Å². The molecule has 2 amide bonds. The van der Waals surface area contributed by atoms with E-state index in [1.54, 1.807) is 13.1 Å². The fraction of sp³-hybridized carbons (Fsp3) is 0.485. The first-order chi connectivity index (χ1) is 20.0. The summed E-state index contributed by atoms with van der Waals surface area (Å²) in [5, 5.41) is 5.80. The second-order valence-corrected chi connectivity index (χ2v) is 10.8. The fourth-order valence-corrected chi connectivity index (χ4v) is 5.59. The minimum atomic E-state index is -0.270. The molecule has 220 valence electrons. The molecule has 2 aromatic rings. The lowest BCUT2D eigenvalue weighted by atomic mass is 10.1. The minimum absolute atomic E-state index is 0.00410. The Kier molecular flexibility index (Phi) is 11.2.